The van der Waals surface area contributed by atoms with Gasteiger partial charge in [0.25, 0.3) is 5.91 Å². The molecule has 0 spiro atoms. The van der Waals surface area contributed by atoms with Gasteiger partial charge in [0, 0.05) is 38.8 Å². The number of ether oxygens (including phenoxy) is 2. The predicted octanol–water partition coefficient (Wildman–Crippen LogP) is 4.47. The fourth-order valence-electron chi connectivity index (χ4n) is 4.37. The topological polar surface area (TPSA) is 55.1 Å². The molecule has 2 saturated heterocycles. The molecular formula is C25H32N2O4. The largest absolute Gasteiger partial charge is 0.497 e. The van der Waals surface area contributed by atoms with Crippen LogP contribution in [-0.4, -0.2) is 61.6 Å². The molecule has 4 rings (SSSR count). The first-order valence-corrected chi connectivity index (χ1v) is 11.2. The van der Waals surface area contributed by atoms with Crippen molar-refractivity contribution in [3.05, 3.63) is 53.5 Å². The maximum Gasteiger partial charge on any atom is 0.257 e. The molecule has 2 aliphatic heterocycles. The summed E-state index contributed by atoms with van der Waals surface area (Å²) in [5, 5.41) is 0. The molecule has 2 aliphatic rings. The molecule has 0 radical (unpaired) electrons. The van der Waals surface area contributed by atoms with Crippen LogP contribution in [0.5, 0.6) is 11.5 Å². The number of carbonyl (C=O) groups is 1. The van der Waals surface area contributed by atoms with Gasteiger partial charge in [-0.3, -0.25) is 9.69 Å². The van der Waals surface area contributed by atoms with Crippen LogP contribution in [0.1, 0.15) is 48.7 Å². The van der Waals surface area contributed by atoms with Gasteiger partial charge in [0.1, 0.15) is 23.4 Å². The summed E-state index contributed by atoms with van der Waals surface area (Å²) in [6, 6.07) is 9.41. The second-order valence-electron chi connectivity index (χ2n) is 8.46. The van der Waals surface area contributed by atoms with Crippen molar-refractivity contribution in [3.63, 3.8) is 0 Å². The van der Waals surface area contributed by atoms with Crippen LogP contribution in [0.25, 0.3) is 6.08 Å². The Hall–Kier alpha value is -2.73. The summed E-state index contributed by atoms with van der Waals surface area (Å²) in [5.41, 5.74) is 1.92. The molecule has 3 heterocycles. The van der Waals surface area contributed by atoms with Crippen molar-refractivity contribution in [1.29, 1.82) is 0 Å². The number of amides is 1. The van der Waals surface area contributed by atoms with Crippen LogP contribution in [0.4, 0.5) is 0 Å². The molecule has 0 N–H and O–H groups in total. The van der Waals surface area contributed by atoms with E-state index in [4.69, 9.17) is 13.9 Å². The zero-order chi connectivity index (χ0) is 21.6. The molecule has 6 heteroatoms. The van der Waals surface area contributed by atoms with Crippen LogP contribution >= 0.6 is 0 Å². The Labute approximate surface area is 184 Å². The maximum atomic E-state index is 13.0. The lowest BCUT2D eigenvalue weighted by molar-refractivity contribution is 0.0771. The van der Waals surface area contributed by atoms with E-state index >= 15 is 0 Å². The normalized spacial score (nSPS) is 18.4. The lowest BCUT2D eigenvalue weighted by Gasteiger charge is -2.32. The van der Waals surface area contributed by atoms with E-state index in [9.17, 15) is 4.79 Å². The summed E-state index contributed by atoms with van der Waals surface area (Å²) in [7, 11) is 1.64. The number of rotatable bonds is 7. The Morgan fingerprint density at radius 1 is 1.16 bits per heavy atom. The number of benzene rings is 1. The molecule has 1 aromatic heterocycles. The number of hydrogen-bond donors (Lipinski definition) is 0. The molecule has 2 aromatic rings. The SMILES string of the molecule is COc1ccc(C(=O)N2CCCC2)c(OC2CCN(C/C(C)=C/c3ccco3)CC2)c1. The Morgan fingerprint density at radius 3 is 2.61 bits per heavy atom. The van der Waals surface area contributed by atoms with E-state index in [-0.39, 0.29) is 12.0 Å². The van der Waals surface area contributed by atoms with Crippen LogP contribution in [-0.2, 0) is 0 Å². The first-order valence-electron chi connectivity index (χ1n) is 11.2. The van der Waals surface area contributed by atoms with E-state index in [1.54, 1.807) is 13.4 Å². The Morgan fingerprint density at radius 2 is 1.94 bits per heavy atom. The lowest BCUT2D eigenvalue weighted by Crippen LogP contribution is -2.39. The first kappa shape index (κ1) is 21.5. The average molecular weight is 425 g/mol. The Bertz CT molecular complexity index is 892. The summed E-state index contributed by atoms with van der Waals surface area (Å²) in [6.07, 6.45) is 7.90. The molecule has 0 bridgehead atoms. The number of carbonyl (C=O) groups excluding carboxylic acids is 1. The quantitative estimate of drug-likeness (QED) is 0.656. The van der Waals surface area contributed by atoms with Gasteiger partial charge in [-0.25, -0.2) is 0 Å². The molecule has 1 amide bonds. The van der Waals surface area contributed by atoms with Crippen molar-refractivity contribution in [2.45, 2.75) is 38.7 Å². The molecule has 0 atom stereocenters. The third-order valence-electron chi connectivity index (χ3n) is 6.05. The summed E-state index contributed by atoms with van der Waals surface area (Å²) in [6.45, 7) is 6.64. The van der Waals surface area contributed by atoms with E-state index in [1.165, 1.54) is 5.57 Å². The van der Waals surface area contributed by atoms with Gasteiger partial charge >= 0.3 is 0 Å². The standard InChI is InChI=1S/C25H32N2O4/c1-19(16-22-6-5-15-30-22)18-26-13-9-20(10-14-26)31-24-17-21(29-2)7-8-23(24)25(28)27-11-3-4-12-27/h5-8,15-17,20H,3-4,9-14,18H2,1-2H3/b19-16+. The lowest BCUT2D eigenvalue weighted by atomic mass is 10.1. The summed E-state index contributed by atoms with van der Waals surface area (Å²) in [5.74, 6) is 2.31. The number of furan rings is 1. The predicted molar refractivity (Wildman–Crippen MR) is 121 cm³/mol. The van der Waals surface area contributed by atoms with Crippen molar-refractivity contribution < 1.29 is 18.7 Å². The molecular weight excluding hydrogens is 392 g/mol. The smallest absolute Gasteiger partial charge is 0.257 e. The summed E-state index contributed by atoms with van der Waals surface area (Å²) >= 11 is 0. The van der Waals surface area contributed by atoms with Gasteiger partial charge in [0.05, 0.1) is 18.9 Å². The number of likely N-dealkylation sites (tertiary alicyclic amines) is 2. The van der Waals surface area contributed by atoms with Gasteiger partial charge in [-0.2, -0.15) is 0 Å². The van der Waals surface area contributed by atoms with Gasteiger partial charge in [0.2, 0.25) is 0 Å². The molecule has 31 heavy (non-hydrogen) atoms. The van der Waals surface area contributed by atoms with Crippen molar-refractivity contribution in [3.8, 4) is 11.5 Å². The second-order valence-corrected chi connectivity index (χ2v) is 8.46. The maximum absolute atomic E-state index is 13.0. The van der Waals surface area contributed by atoms with Crippen LogP contribution in [0.15, 0.2) is 46.6 Å². The molecule has 2 fully saturated rings. The zero-order valence-electron chi connectivity index (χ0n) is 18.5. The average Bonchev–Trinajstić information content (AvgIpc) is 3.49. The van der Waals surface area contributed by atoms with Crippen molar-refractivity contribution >= 4 is 12.0 Å². The summed E-state index contributed by atoms with van der Waals surface area (Å²) < 4.78 is 17.2. The third kappa shape index (κ3) is 5.50. The monoisotopic (exact) mass is 424 g/mol. The minimum atomic E-state index is 0.0614. The number of nitrogens with zero attached hydrogens (tertiary/aromatic N) is 2. The van der Waals surface area contributed by atoms with E-state index in [0.29, 0.717) is 17.1 Å². The van der Waals surface area contributed by atoms with Crippen molar-refractivity contribution in [2.24, 2.45) is 0 Å². The van der Waals surface area contributed by atoms with E-state index in [1.807, 2.05) is 35.2 Å². The highest BCUT2D eigenvalue weighted by atomic mass is 16.5. The highest BCUT2D eigenvalue weighted by Crippen LogP contribution is 2.30. The van der Waals surface area contributed by atoms with E-state index < -0.39 is 0 Å². The van der Waals surface area contributed by atoms with E-state index in [0.717, 1.165) is 64.2 Å². The fourth-order valence-corrected chi connectivity index (χ4v) is 4.37. The second kappa shape index (κ2) is 10.1. The van der Waals surface area contributed by atoms with Crippen LogP contribution < -0.4 is 9.47 Å². The number of methoxy groups -OCH3 is 1. The third-order valence-corrected chi connectivity index (χ3v) is 6.05. The minimum Gasteiger partial charge on any atom is -0.497 e. The van der Waals surface area contributed by atoms with E-state index in [2.05, 4.69) is 17.9 Å². The van der Waals surface area contributed by atoms with Gasteiger partial charge in [-0.15, -0.1) is 0 Å². The molecule has 1 aromatic carbocycles. The van der Waals surface area contributed by atoms with Gasteiger partial charge in [0.15, 0.2) is 0 Å². The zero-order valence-corrected chi connectivity index (χ0v) is 18.5. The Kier molecular flexibility index (Phi) is 6.97. The molecule has 0 aliphatic carbocycles. The molecule has 6 nitrogen and oxygen atoms in total. The van der Waals surface area contributed by atoms with Gasteiger partial charge in [-0.05, 0) is 62.9 Å². The molecule has 0 unspecified atom stereocenters. The highest BCUT2D eigenvalue weighted by Gasteiger charge is 2.26. The van der Waals surface area contributed by atoms with Crippen LogP contribution in [0.2, 0.25) is 0 Å². The summed E-state index contributed by atoms with van der Waals surface area (Å²) in [4.78, 5) is 17.4. The van der Waals surface area contributed by atoms with Crippen molar-refractivity contribution in [1.82, 2.24) is 9.80 Å². The van der Waals surface area contributed by atoms with Gasteiger partial charge < -0.3 is 18.8 Å². The number of piperidine rings is 1. The van der Waals surface area contributed by atoms with Crippen molar-refractivity contribution in [2.75, 3.05) is 39.8 Å². The van der Waals surface area contributed by atoms with Crippen LogP contribution in [0.3, 0.4) is 0 Å². The fraction of sp³-hybridized carbons (Fsp3) is 0.480. The number of hydrogen-bond acceptors (Lipinski definition) is 5. The minimum absolute atomic E-state index is 0.0614. The Balaban J connectivity index is 1.37. The molecule has 166 valence electrons. The van der Waals surface area contributed by atoms with Gasteiger partial charge in [-0.1, -0.05) is 5.57 Å². The highest BCUT2D eigenvalue weighted by molar-refractivity contribution is 5.97. The first-order chi connectivity index (χ1) is 15.1. The van der Waals surface area contributed by atoms with Crippen LogP contribution in [0, 0.1) is 0 Å². The molecule has 0 saturated carbocycles.